The monoisotopic (exact) mass is 440 g/mol. The van der Waals surface area contributed by atoms with Gasteiger partial charge in [0, 0.05) is 6.54 Å². The Balaban J connectivity index is 1.61. The predicted molar refractivity (Wildman–Crippen MR) is 121 cm³/mol. The van der Waals surface area contributed by atoms with Crippen LogP contribution in [0, 0.1) is 13.8 Å². The van der Waals surface area contributed by atoms with Gasteiger partial charge in [-0.05, 0) is 69.4 Å². The Hall–Kier alpha value is -2.80. The fourth-order valence-electron chi connectivity index (χ4n) is 3.94. The standard InChI is InChI=1S/C24H28N2O4S/c1-17-8-11-20(12-9-17)31(28,29)26-16-23(30-22-14-18(2)10-13-21(22)26)24(27)25-15-19-6-4-3-5-7-19/h6,8-14,23H,3-5,7,15-16H2,1-2H3,(H,25,27)/t23-/m0/s1. The fraction of sp³-hybridized carbons (Fsp3) is 0.375. The fourth-order valence-corrected chi connectivity index (χ4v) is 5.42. The topological polar surface area (TPSA) is 75.7 Å². The van der Waals surface area contributed by atoms with Crippen molar-refractivity contribution in [2.24, 2.45) is 0 Å². The van der Waals surface area contributed by atoms with Crippen molar-refractivity contribution in [2.75, 3.05) is 17.4 Å². The van der Waals surface area contributed by atoms with Crippen molar-refractivity contribution in [3.63, 3.8) is 0 Å². The molecule has 4 rings (SSSR count). The number of rotatable bonds is 5. The number of aryl methyl sites for hydroxylation is 2. The number of benzene rings is 2. The Kier molecular flexibility index (Phi) is 6.05. The number of carbonyl (C=O) groups is 1. The maximum Gasteiger partial charge on any atom is 0.264 e. The zero-order valence-electron chi connectivity index (χ0n) is 17.9. The molecule has 1 heterocycles. The van der Waals surface area contributed by atoms with Crippen LogP contribution in [0.4, 0.5) is 5.69 Å². The van der Waals surface area contributed by atoms with Crippen LogP contribution in [0.1, 0.15) is 36.8 Å². The minimum atomic E-state index is -3.84. The Morgan fingerprint density at radius 1 is 1.10 bits per heavy atom. The summed E-state index contributed by atoms with van der Waals surface area (Å²) in [7, 11) is -3.84. The highest BCUT2D eigenvalue weighted by atomic mass is 32.2. The molecule has 31 heavy (non-hydrogen) atoms. The van der Waals surface area contributed by atoms with Crippen molar-refractivity contribution in [2.45, 2.75) is 50.5 Å². The third-order valence-corrected chi connectivity index (χ3v) is 7.55. The van der Waals surface area contributed by atoms with Crippen LogP contribution in [-0.4, -0.2) is 33.5 Å². The van der Waals surface area contributed by atoms with E-state index in [9.17, 15) is 13.2 Å². The van der Waals surface area contributed by atoms with Gasteiger partial charge in [0.25, 0.3) is 15.9 Å². The average Bonchev–Trinajstić information content (AvgIpc) is 2.77. The van der Waals surface area contributed by atoms with E-state index in [1.807, 2.05) is 19.9 Å². The van der Waals surface area contributed by atoms with E-state index in [2.05, 4.69) is 11.4 Å². The Bertz CT molecular complexity index is 1110. The number of nitrogens with zero attached hydrogens (tertiary/aromatic N) is 1. The molecule has 0 fully saturated rings. The number of allylic oxidation sites excluding steroid dienone is 1. The van der Waals surface area contributed by atoms with Gasteiger partial charge in [-0.25, -0.2) is 8.42 Å². The zero-order chi connectivity index (χ0) is 22.0. The van der Waals surface area contributed by atoms with Crippen LogP contribution >= 0.6 is 0 Å². The van der Waals surface area contributed by atoms with E-state index < -0.39 is 16.1 Å². The molecule has 2 aliphatic rings. The van der Waals surface area contributed by atoms with Gasteiger partial charge in [0.2, 0.25) is 0 Å². The average molecular weight is 441 g/mol. The molecule has 1 N–H and O–H groups in total. The van der Waals surface area contributed by atoms with E-state index >= 15 is 0 Å². The molecule has 0 spiro atoms. The van der Waals surface area contributed by atoms with E-state index in [1.54, 1.807) is 36.4 Å². The van der Waals surface area contributed by atoms with Crippen molar-refractivity contribution in [1.82, 2.24) is 5.32 Å². The summed E-state index contributed by atoms with van der Waals surface area (Å²) in [5.74, 6) is 0.0988. The molecule has 0 saturated heterocycles. The lowest BCUT2D eigenvalue weighted by atomic mass is 10.00. The maximum atomic E-state index is 13.4. The first kappa shape index (κ1) is 21.4. The van der Waals surface area contributed by atoms with Gasteiger partial charge in [-0.1, -0.05) is 35.4 Å². The molecular weight excluding hydrogens is 412 g/mol. The lowest BCUT2D eigenvalue weighted by Crippen LogP contribution is -2.51. The van der Waals surface area contributed by atoms with Gasteiger partial charge in [0.15, 0.2) is 6.10 Å². The second kappa shape index (κ2) is 8.75. The third-order valence-electron chi connectivity index (χ3n) is 5.76. The number of amides is 1. The molecule has 2 aromatic rings. The lowest BCUT2D eigenvalue weighted by Gasteiger charge is -2.35. The second-order valence-electron chi connectivity index (χ2n) is 8.25. The Morgan fingerprint density at radius 3 is 2.55 bits per heavy atom. The minimum Gasteiger partial charge on any atom is -0.476 e. The summed E-state index contributed by atoms with van der Waals surface area (Å²) in [6.45, 7) is 4.22. The molecule has 7 heteroatoms. The first-order valence-electron chi connectivity index (χ1n) is 10.7. The number of hydrogen-bond acceptors (Lipinski definition) is 4. The number of sulfonamides is 1. The first-order valence-corrected chi connectivity index (χ1v) is 12.1. The van der Waals surface area contributed by atoms with Crippen LogP contribution in [0.3, 0.4) is 0 Å². The summed E-state index contributed by atoms with van der Waals surface area (Å²) in [6.07, 6.45) is 5.61. The van der Waals surface area contributed by atoms with Gasteiger partial charge in [-0.15, -0.1) is 0 Å². The molecule has 2 aromatic carbocycles. The molecule has 6 nitrogen and oxygen atoms in total. The highest BCUT2D eigenvalue weighted by Crippen LogP contribution is 2.37. The van der Waals surface area contributed by atoms with Crippen LogP contribution in [0.5, 0.6) is 5.75 Å². The molecule has 1 amide bonds. The van der Waals surface area contributed by atoms with Crippen LogP contribution < -0.4 is 14.4 Å². The largest absolute Gasteiger partial charge is 0.476 e. The van der Waals surface area contributed by atoms with E-state index in [0.29, 0.717) is 18.0 Å². The summed E-state index contributed by atoms with van der Waals surface area (Å²) in [6, 6.07) is 12.1. The highest BCUT2D eigenvalue weighted by molar-refractivity contribution is 7.92. The molecule has 0 bridgehead atoms. The molecule has 164 valence electrons. The Morgan fingerprint density at radius 2 is 1.84 bits per heavy atom. The summed E-state index contributed by atoms with van der Waals surface area (Å²) in [5, 5.41) is 2.93. The van der Waals surface area contributed by atoms with Crippen molar-refractivity contribution >= 4 is 21.6 Å². The Labute approximate surface area is 184 Å². The summed E-state index contributed by atoms with van der Waals surface area (Å²) in [4.78, 5) is 13.1. The third kappa shape index (κ3) is 4.61. The van der Waals surface area contributed by atoms with Crippen LogP contribution in [0.15, 0.2) is 59.0 Å². The molecule has 0 aromatic heterocycles. The van der Waals surface area contributed by atoms with E-state index in [1.165, 1.54) is 16.3 Å². The van der Waals surface area contributed by atoms with Crippen LogP contribution in [0.2, 0.25) is 0 Å². The van der Waals surface area contributed by atoms with E-state index in [-0.39, 0.29) is 17.3 Å². The molecule has 0 saturated carbocycles. The number of anilines is 1. The van der Waals surface area contributed by atoms with Gasteiger partial charge < -0.3 is 10.1 Å². The lowest BCUT2D eigenvalue weighted by molar-refractivity contribution is -0.127. The van der Waals surface area contributed by atoms with Crippen LogP contribution in [0.25, 0.3) is 0 Å². The predicted octanol–water partition coefficient (Wildman–Crippen LogP) is 3.88. The maximum absolute atomic E-state index is 13.4. The van der Waals surface area contributed by atoms with Gasteiger partial charge in [-0.2, -0.15) is 0 Å². The van der Waals surface area contributed by atoms with Gasteiger partial charge in [0.1, 0.15) is 5.75 Å². The van der Waals surface area contributed by atoms with E-state index in [4.69, 9.17) is 4.74 Å². The van der Waals surface area contributed by atoms with Crippen LogP contribution in [-0.2, 0) is 14.8 Å². The number of hydrogen-bond donors (Lipinski definition) is 1. The summed E-state index contributed by atoms with van der Waals surface area (Å²) in [5.41, 5.74) is 3.58. The summed E-state index contributed by atoms with van der Waals surface area (Å²) >= 11 is 0. The molecule has 0 radical (unpaired) electrons. The number of fused-ring (bicyclic) bond motifs is 1. The molecule has 1 atom stereocenters. The first-order chi connectivity index (χ1) is 14.8. The SMILES string of the molecule is Cc1ccc(S(=O)(=O)N2C[C@@H](C(=O)NCC3=CCCCC3)Oc3cc(C)ccc32)cc1. The number of carbonyl (C=O) groups excluding carboxylic acids is 1. The summed E-state index contributed by atoms with van der Waals surface area (Å²) < 4.78 is 34.1. The normalized spacial score (nSPS) is 18.6. The van der Waals surface area contributed by atoms with Gasteiger partial charge in [-0.3, -0.25) is 9.10 Å². The molecule has 0 unspecified atom stereocenters. The van der Waals surface area contributed by atoms with Crippen molar-refractivity contribution < 1.29 is 17.9 Å². The van der Waals surface area contributed by atoms with Crippen molar-refractivity contribution in [3.05, 3.63) is 65.2 Å². The van der Waals surface area contributed by atoms with E-state index in [0.717, 1.165) is 30.4 Å². The smallest absolute Gasteiger partial charge is 0.264 e. The highest BCUT2D eigenvalue weighted by Gasteiger charge is 2.37. The zero-order valence-corrected chi connectivity index (χ0v) is 18.7. The van der Waals surface area contributed by atoms with Crippen molar-refractivity contribution in [3.8, 4) is 5.75 Å². The van der Waals surface area contributed by atoms with Gasteiger partial charge in [0.05, 0.1) is 17.1 Å². The van der Waals surface area contributed by atoms with Crippen molar-refractivity contribution in [1.29, 1.82) is 0 Å². The molecule has 1 aliphatic heterocycles. The number of ether oxygens (including phenoxy) is 1. The van der Waals surface area contributed by atoms with Gasteiger partial charge >= 0.3 is 0 Å². The second-order valence-corrected chi connectivity index (χ2v) is 10.1. The molecule has 1 aliphatic carbocycles. The minimum absolute atomic E-state index is 0.0723. The molecular formula is C24H28N2O4S. The number of nitrogens with one attached hydrogen (secondary N) is 1. The quantitative estimate of drug-likeness (QED) is 0.716.